The zero-order chi connectivity index (χ0) is 14.5. The molecule has 1 N–H and O–H groups in total. The first-order valence-corrected chi connectivity index (χ1v) is 7.21. The third-order valence-corrected chi connectivity index (χ3v) is 3.56. The van der Waals surface area contributed by atoms with Crippen molar-refractivity contribution < 1.29 is 9.13 Å². The van der Waals surface area contributed by atoms with Crippen molar-refractivity contribution in [3.8, 4) is 5.69 Å². The molecule has 108 valence electrons. The monoisotopic (exact) mass is 361 g/mol. The summed E-state index contributed by atoms with van der Waals surface area (Å²) in [5.41, 5.74) is 0.653. The van der Waals surface area contributed by atoms with E-state index in [-0.39, 0.29) is 5.82 Å². The highest BCUT2D eigenvalue weighted by atomic mass is 79.9. The molecule has 0 unspecified atom stereocenters. The van der Waals surface area contributed by atoms with E-state index in [1.165, 1.54) is 12.1 Å². The first-order valence-electron chi connectivity index (χ1n) is 6.04. The van der Waals surface area contributed by atoms with E-state index in [0.29, 0.717) is 27.7 Å². The molecule has 0 atom stereocenters. The van der Waals surface area contributed by atoms with Crippen molar-refractivity contribution in [1.82, 2.24) is 9.55 Å². The molecular formula is C13H14BrClFN3O. The maximum atomic E-state index is 13.3. The van der Waals surface area contributed by atoms with Gasteiger partial charge in [0, 0.05) is 37.1 Å². The molecule has 0 amide bonds. The van der Waals surface area contributed by atoms with E-state index in [1.807, 2.05) is 0 Å². The summed E-state index contributed by atoms with van der Waals surface area (Å²) < 4.78 is 20.6. The van der Waals surface area contributed by atoms with Crippen molar-refractivity contribution in [2.24, 2.45) is 0 Å². The Balaban J connectivity index is 2.24. The van der Waals surface area contributed by atoms with Gasteiger partial charge in [-0.15, -0.1) is 0 Å². The van der Waals surface area contributed by atoms with Gasteiger partial charge in [-0.25, -0.2) is 9.37 Å². The number of nitrogens with one attached hydrogen (secondary N) is 1. The van der Waals surface area contributed by atoms with E-state index >= 15 is 0 Å². The fraction of sp³-hybridized carbons (Fsp3) is 0.308. The zero-order valence-electron chi connectivity index (χ0n) is 10.9. The zero-order valence-corrected chi connectivity index (χ0v) is 13.2. The molecule has 0 saturated carbocycles. The van der Waals surface area contributed by atoms with Gasteiger partial charge >= 0.3 is 0 Å². The Bertz CT molecular complexity index is 568. The largest absolute Gasteiger partial charge is 0.385 e. The molecule has 4 nitrogen and oxygen atoms in total. The van der Waals surface area contributed by atoms with Gasteiger partial charge in [0.05, 0.1) is 10.7 Å². The van der Waals surface area contributed by atoms with E-state index < -0.39 is 0 Å². The third kappa shape index (κ3) is 3.50. The second kappa shape index (κ2) is 7.06. The van der Waals surface area contributed by atoms with Crippen molar-refractivity contribution in [2.75, 3.05) is 25.6 Å². The maximum Gasteiger partial charge on any atom is 0.207 e. The Morgan fingerprint density at radius 2 is 2.30 bits per heavy atom. The van der Waals surface area contributed by atoms with Crippen LogP contribution in [0, 0.1) is 5.82 Å². The molecule has 0 aliphatic heterocycles. The Kier molecular flexibility index (Phi) is 5.39. The molecule has 7 heteroatoms. The minimum absolute atomic E-state index is 0.315. The Morgan fingerprint density at radius 3 is 3.00 bits per heavy atom. The van der Waals surface area contributed by atoms with Crippen LogP contribution >= 0.6 is 27.5 Å². The van der Waals surface area contributed by atoms with Gasteiger partial charge in [0.1, 0.15) is 5.82 Å². The Hall–Kier alpha value is -1.11. The minimum Gasteiger partial charge on any atom is -0.385 e. The summed E-state index contributed by atoms with van der Waals surface area (Å²) in [5, 5.41) is 3.51. The van der Waals surface area contributed by atoms with Gasteiger partial charge in [0.2, 0.25) is 5.95 Å². The van der Waals surface area contributed by atoms with Crippen LogP contribution in [0.15, 0.2) is 29.0 Å². The lowest BCUT2D eigenvalue weighted by atomic mass is 10.3. The van der Waals surface area contributed by atoms with E-state index in [9.17, 15) is 4.39 Å². The summed E-state index contributed by atoms with van der Waals surface area (Å²) in [6.45, 7) is 1.40. The van der Waals surface area contributed by atoms with E-state index in [2.05, 4.69) is 26.2 Å². The highest BCUT2D eigenvalue weighted by Gasteiger charge is 2.13. The SMILES string of the molecule is COCCCNc1nccn1-c1c(Cl)cc(F)cc1Br. The number of methoxy groups -OCH3 is 1. The highest BCUT2D eigenvalue weighted by Crippen LogP contribution is 2.31. The van der Waals surface area contributed by atoms with Crippen molar-refractivity contribution in [1.29, 1.82) is 0 Å². The average Bonchev–Trinajstić information content (AvgIpc) is 2.82. The van der Waals surface area contributed by atoms with Crippen molar-refractivity contribution >= 4 is 33.5 Å². The molecule has 0 fully saturated rings. The number of hydrogen-bond acceptors (Lipinski definition) is 3. The standard InChI is InChI=1S/C13H14BrClFN3O/c1-20-6-2-3-17-13-18-4-5-19(13)12-10(14)7-9(16)8-11(12)15/h4-5,7-8H,2-3,6H2,1H3,(H,17,18). The molecule has 0 spiro atoms. The molecular weight excluding hydrogens is 349 g/mol. The Morgan fingerprint density at radius 1 is 1.50 bits per heavy atom. The van der Waals surface area contributed by atoms with Gasteiger partial charge in [-0.3, -0.25) is 4.57 Å². The molecule has 0 aliphatic carbocycles. The van der Waals surface area contributed by atoms with Gasteiger partial charge in [0.25, 0.3) is 0 Å². The second-order valence-electron chi connectivity index (χ2n) is 4.11. The topological polar surface area (TPSA) is 39.1 Å². The number of rotatable bonds is 6. The summed E-state index contributed by atoms with van der Waals surface area (Å²) >= 11 is 9.44. The summed E-state index contributed by atoms with van der Waals surface area (Å²) in [7, 11) is 1.66. The number of anilines is 1. The molecule has 0 bridgehead atoms. The molecule has 0 radical (unpaired) electrons. The molecule has 2 rings (SSSR count). The average molecular weight is 363 g/mol. The van der Waals surface area contributed by atoms with Gasteiger partial charge in [-0.05, 0) is 34.5 Å². The van der Waals surface area contributed by atoms with Crippen LogP contribution in [0.3, 0.4) is 0 Å². The predicted octanol–water partition coefficient (Wildman–Crippen LogP) is 3.88. The molecule has 1 heterocycles. The van der Waals surface area contributed by atoms with Crippen LogP contribution in [0.2, 0.25) is 5.02 Å². The molecule has 1 aromatic heterocycles. The number of hydrogen-bond donors (Lipinski definition) is 1. The van der Waals surface area contributed by atoms with Gasteiger partial charge in [-0.2, -0.15) is 0 Å². The summed E-state index contributed by atoms with van der Waals surface area (Å²) in [6, 6.07) is 2.65. The first-order chi connectivity index (χ1) is 9.63. The lowest BCUT2D eigenvalue weighted by Gasteiger charge is -2.13. The number of halogens is 3. The van der Waals surface area contributed by atoms with Crippen molar-refractivity contribution in [3.63, 3.8) is 0 Å². The van der Waals surface area contributed by atoms with Crippen LogP contribution in [-0.4, -0.2) is 29.8 Å². The number of aromatic nitrogens is 2. The van der Waals surface area contributed by atoms with Crippen LogP contribution in [0.25, 0.3) is 5.69 Å². The summed E-state index contributed by atoms with van der Waals surface area (Å²) in [5.74, 6) is 0.260. The number of benzene rings is 1. The summed E-state index contributed by atoms with van der Waals surface area (Å²) in [4.78, 5) is 4.23. The van der Waals surface area contributed by atoms with Crippen LogP contribution in [0.1, 0.15) is 6.42 Å². The van der Waals surface area contributed by atoms with E-state index in [0.717, 1.165) is 13.0 Å². The minimum atomic E-state index is -0.389. The number of ether oxygens (including phenoxy) is 1. The van der Waals surface area contributed by atoms with Crippen molar-refractivity contribution in [3.05, 3.63) is 39.8 Å². The van der Waals surface area contributed by atoms with E-state index in [4.69, 9.17) is 16.3 Å². The quantitative estimate of drug-likeness (QED) is 0.793. The molecule has 20 heavy (non-hydrogen) atoms. The van der Waals surface area contributed by atoms with E-state index in [1.54, 1.807) is 24.1 Å². The maximum absolute atomic E-state index is 13.3. The predicted molar refractivity (Wildman–Crippen MR) is 81.2 cm³/mol. The molecule has 0 aliphatic rings. The van der Waals surface area contributed by atoms with Crippen molar-refractivity contribution in [2.45, 2.75) is 6.42 Å². The van der Waals surface area contributed by atoms with Crippen LogP contribution in [0.4, 0.5) is 10.3 Å². The molecule has 1 aromatic carbocycles. The van der Waals surface area contributed by atoms with Crippen LogP contribution in [-0.2, 0) is 4.74 Å². The summed E-state index contributed by atoms with van der Waals surface area (Å²) in [6.07, 6.45) is 4.29. The lowest BCUT2D eigenvalue weighted by molar-refractivity contribution is 0.197. The molecule has 0 saturated heterocycles. The fourth-order valence-electron chi connectivity index (χ4n) is 1.80. The fourth-order valence-corrected chi connectivity index (χ4v) is 2.83. The smallest absolute Gasteiger partial charge is 0.207 e. The van der Waals surface area contributed by atoms with Gasteiger partial charge in [0.15, 0.2) is 0 Å². The number of nitrogens with zero attached hydrogens (tertiary/aromatic N) is 2. The van der Waals surface area contributed by atoms with Gasteiger partial charge in [-0.1, -0.05) is 11.6 Å². The van der Waals surface area contributed by atoms with Gasteiger partial charge < -0.3 is 10.1 Å². The second-order valence-corrected chi connectivity index (χ2v) is 5.37. The first kappa shape index (κ1) is 15.3. The third-order valence-electron chi connectivity index (χ3n) is 2.67. The highest BCUT2D eigenvalue weighted by molar-refractivity contribution is 9.10. The normalized spacial score (nSPS) is 10.8. The lowest BCUT2D eigenvalue weighted by Crippen LogP contribution is -2.10. The van der Waals surface area contributed by atoms with Crippen LogP contribution < -0.4 is 5.32 Å². The molecule has 2 aromatic rings. The number of imidazole rings is 1. The Labute approximate surface area is 130 Å². The van der Waals surface area contributed by atoms with Crippen LogP contribution in [0.5, 0.6) is 0 Å².